The van der Waals surface area contributed by atoms with Crippen LogP contribution >= 0.6 is 11.6 Å². The summed E-state index contributed by atoms with van der Waals surface area (Å²) in [5, 5.41) is 48.5. The molecule has 0 bridgehead atoms. The van der Waals surface area contributed by atoms with Crippen molar-refractivity contribution in [3.8, 4) is 5.75 Å². The van der Waals surface area contributed by atoms with E-state index in [4.69, 9.17) is 17.3 Å². The van der Waals surface area contributed by atoms with Crippen LogP contribution in [-0.2, 0) is 27.3 Å². The number of ketones is 2. The number of hydrogen-bond donors (Lipinski definition) is 6. The molecule has 4 atom stereocenters. The highest BCUT2D eigenvalue weighted by atomic mass is 35.5. The van der Waals surface area contributed by atoms with Gasteiger partial charge in [-0.2, -0.15) is 0 Å². The molecule has 1 aromatic carbocycles. The lowest BCUT2D eigenvalue weighted by Gasteiger charge is -2.50. The Morgan fingerprint density at radius 3 is 2.52 bits per heavy atom. The normalized spacial score (nSPS) is 28.7. The molecule has 5 rings (SSSR count). The highest BCUT2D eigenvalue weighted by Crippen LogP contribution is 2.53. The first-order chi connectivity index (χ1) is 18.9. The summed E-state index contributed by atoms with van der Waals surface area (Å²) in [4.78, 5) is 43.0. The van der Waals surface area contributed by atoms with Crippen molar-refractivity contribution in [2.75, 3.05) is 40.3 Å². The summed E-state index contributed by atoms with van der Waals surface area (Å²) in [5.74, 6) is -6.84. The molecule has 3 aliphatic carbocycles. The van der Waals surface area contributed by atoms with Crippen LogP contribution in [-0.4, -0.2) is 99.6 Å². The van der Waals surface area contributed by atoms with Gasteiger partial charge in [0.05, 0.1) is 11.6 Å². The first-order valence-corrected chi connectivity index (χ1v) is 13.9. The minimum Gasteiger partial charge on any atom is -0.508 e. The standard InChI is InChI=1S/C28H35ClN4O7/c1-32(2)22-16-10-13-9-15-19(17(34)11-14(21(15)29)12-31-5-8-33-6-3-4-7-33)23(35)18(13)25(37)28(16,40)26(38)20(24(22)36)27(30)39/h11,13,16,22,31,34-35,38,40H,3-10,12H2,1-2H3,(H2,30,39)/t13-,16-,22-,28-/m0/s1. The Morgan fingerprint density at radius 1 is 1.23 bits per heavy atom. The van der Waals surface area contributed by atoms with Gasteiger partial charge in [-0.3, -0.25) is 19.3 Å². The number of rotatable bonds is 7. The van der Waals surface area contributed by atoms with Crippen LogP contribution in [0.15, 0.2) is 23.0 Å². The summed E-state index contributed by atoms with van der Waals surface area (Å²) in [6, 6.07) is 0.308. The fourth-order valence-corrected chi connectivity index (χ4v) is 7.24. The average Bonchev–Trinajstić information content (AvgIpc) is 3.40. The van der Waals surface area contributed by atoms with Crippen LogP contribution in [0.3, 0.4) is 0 Å². The van der Waals surface area contributed by atoms with E-state index in [2.05, 4.69) is 10.2 Å². The highest BCUT2D eigenvalue weighted by molar-refractivity contribution is 6.32. The van der Waals surface area contributed by atoms with Crippen molar-refractivity contribution in [2.24, 2.45) is 17.6 Å². The number of primary amides is 1. The zero-order chi connectivity index (χ0) is 29.1. The number of likely N-dealkylation sites (N-methyl/N-ethyl adjacent to an activating group) is 1. The fourth-order valence-electron chi connectivity index (χ4n) is 6.94. The molecular weight excluding hydrogens is 540 g/mol. The van der Waals surface area contributed by atoms with E-state index in [9.17, 15) is 34.8 Å². The third kappa shape index (κ3) is 4.31. The molecule has 0 aromatic heterocycles. The number of hydrogen-bond acceptors (Lipinski definition) is 10. The first kappa shape index (κ1) is 28.6. The smallest absolute Gasteiger partial charge is 0.255 e. The van der Waals surface area contributed by atoms with Gasteiger partial charge in [-0.1, -0.05) is 11.6 Å². The maximum atomic E-state index is 13.9. The van der Waals surface area contributed by atoms with Crippen molar-refractivity contribution in [3.63, 3.8) is 0 Å². The molecule has 11 nitrogen and oxygen atoms in total. The first-order valence-electron chi connectivity index (χ1n) is 13.5. The number of carbonyl (C=O) groups excluding carboxylic acids is 3. The Hall–Kier alpha value is -2.96. The van der Waals surface area contributed by atoms with Crippen molar-refractivity contribution >= 4 is 34.8 Å². The number of halogens is 1. The summed E-state index contributed by atoms with van der Waals surface area (Å²) in [7, 11) is 3.12. The molecule has 0 spiro atoms. The van der Waals surface area contributed by atoms with Gasteiger partial charge in [-0.25, -0.2) is 0 Å². The molecule has 12 heteroatoms. The molecular formula is C28H35ClN4O7. The third-order valence-corrected chi connectivity index (χ3v) is 9.32. The van der Waals surface area contributed by atoms with Crippen LogP contribution in [0.25, 0.3) is 5.76 Å². The van der Waals surface area contributed by atoms with Gasteiger partial charge < -0.3 is 36.4 Å². The number of phenols is 1. The topological polar surface area (TPSA) is 177 Å². The van der Waals surface area contributed by atoms with Crippen molar-refractivity contribution in [3.05, 3.63) is 44.7 Å². The zero-order valence-electron chi connectivity index (χ0n) is 22.5. The minimum atomic E-state index is -2.66. The summed E-state index contributed by atoms with van der Waals surface area (Å²) < 4.78 is 0. The van der Waals surface area contributed by atoms with Gasteiger partial charge in [0.15, 0.2) is 11.4 Å². The third-order valence-electron chi connectivity index (χ3n) is 8.85. The van der Waals surface area contributed by atoms with Crippen LogP contribution in [0.5, 0.6) is 5.75 Å². The summed E-state index contributed by atoms with van der Waals surface area (Å²) in [6.07, 6.45) is 2.58. The minimum absolute atomic E-state index is 0.0119. The van der Waals surface area contributed by atoms with Crippen LogP contribution in [0.4, 0.5) is 0 Å². The van der Waals surface area contributed by atoms with E-state index in [-0.39, 0.29) is 29.7 Å². The molecule has 1 heterocycles. The molecule has 2 fully saturated rings. The molecule has 1 aromatic rings. The number of aliphatic hydroxyl groups is 3. The number of nitrogens with one attached hydrogen (secondary N) is 1. The molecule has 1 aliphatic heterocycles. The second-order valence-corrected chi connectivity index (χ2v) is 11.8. The molecule has 1 saturated heterocycles. The van der Waals surface area contributed by atoms with E-state index in [0.29, 0.717) is 22.7 Å². The predicted octanol–water partition coefficient (Wildman–Crippen LogP) is 0.803. The Labute approximate surface area is 236 Å². The number of phenolic OH excluding ortho intramolecular Hbond substituents is 1. The van der Waals surface area contributed by atoms with Crippen LogP contribution in [0, 0.1) is 11.8 Å². The number of nitrogens with two attached hydrogens (primary N) is 1. The maximum absolute atomic E-state index is 13.9. The van der Waals surface area contributed by atoms with Gasteiger partial charge in [-0.15, -0.1) is 0 Å². The number of benzene rings is 1. The molecule has 1 saturated carbocycles. The van der Waals surface area contributed by atoms with Gasteiger partial charge in [0.1, 0.15) is 22.8 Å². The molecule has 216 valence electrons. The Balaban J connectivity index is 1.52. The quantitative estimate of drug-likeness (QED) is 0.202. The number of nitrogens with zero attached hydrogens (tertiary/aromatic N) is 2. The summed E-state index contributed by atoms with van der Waals surface area (Å²) >= 11 is 6.79. The lowest BCUT2D eigenvalue weighted by molar-refractivity contribution is -0.153. The fraction of sp³-hybridized carbons (Fsp3) is 0.536. The highest BCUT2D eigenvalue weighted by Gasteiger charge is 2.64. The molecule has 1 amide bonds. The SMILES string of the molecule is CN(C)[C@@H]1C(=O)C(C(N)=O)=C(O)[C@@]2(O)C(=O)C3=C(O)c4c(O)cc(CNCCN5CCCC5)c(Cl)c4C[C@H]3C[C@@H]12. The van der Waals surface area contributed by atoms with E-state index in [1.165, 1.54) is 23.8 Å². The van der Waals surface area contributed by atoms with E-state index in [0.717, 1.165) is 26.2 Å². The lowest BCUT2D eigenvalue weighted by Crippen LogP contribution is -2.65. The van der Waals surface area contributed by atoms with Crippen molar-refractivity contribution in [1.82, 2.24) is 15.1 Å². The molecule has 4 aliphatic rings. The van der Waals surface area contributed by atoms with E-state index in [1.807, 2.05) is 0 Å². The number of amides is 1. The lowest BCUT2D eigenvalue weighted by atomic mass is 9.57. The Morgan fingerprint density at radius 2 is 1.90 bits per heavy atom. The van der Waals surface area contributed by atoms with Gasteiger partial charge >= 0.3 is 0 Å². The number of aliphatic hydroxyl groups excluding tert-OH is 2. The predicted molar refractivity (Wildman–Crippen MR) is 147 cm³/mol. The molecule has 40 heavy (non-hydrogen) atoms. The summed E-state index contributed by atoms with van der Waals surface area (Å²) in [5.41, 5.74) is 2.74. The summed E-state index contributed by atoms with van der Waals surface area (Å²) in [6.45, 7) is 4.21. The second-order valence-electron chi connectivity index (χ2n) is 11.4. The Bertz CT molecular complexity index is 1350. The number of likely N-dealkylation sites (tertiary alicyclic amines) is 1. The van der Waals surface area contributed by atoms with E-state index < -0.39 is 58.0 Å². The van der Waals surface area contributed by atoms with Crippen LogP contribution < -0.4 is 11.1 Å². The van der Waals surface area contributed by atoms with E-state index >= 15 is 0 Å². The second kappa shape index (κ2) is 10.5. The van der Waals surface area contributed by atoms with Gasteiger partial charge in [0, 0.05) is 36.1 Å². The van der Waals surface area contributed by atoms with Gasteiger partial charge in [-0.05, 0) is 76.0 Å². The molecule has 7 N–H and O–H groups in total. The average molecular weight is 575 g/mol. The van der Waals surface area contributed by atoms with Crippen LogP contribution in [0.1, 0.15) is 36.0 Å². The van der Waals surface area contributed by atoms with Gasteiger partial charge in [0.2, 0.25) is 5.78 Å². The van der Waals surface area contributed by atoms with Crippen molar-refractivity contribution < 1.29 is 34.8 Å². The number of fused-ring (bicyclic) bond motifs is 3. The van der Waals surface area contributed by atoms with E-state index in [1.54, 1.807) is 14.1 Å². The number of Topliss-reactive ketones (excluding diaryl/α,β-unsaturated/α-hetero) is 2. The molecule has 0 radical (unpaired) electrons. The number of carbonyl (C=O) groups is 3. The maximum Gasteiger partial charge on any atom is 0.255 e. The van der Waals surface area contributed by atoms with Gasteiger partial charge in [0.25, 0.3) is 5.91 Å². The zero-order valence-corrected chi connectivity index (χ0v) is 23.3. The van der Waals surface area contributed by atoms with Crippen molar-refractivity contribution in [2.45, 2.75) is 43.9 Å². The molecule has 0 unspecified atom stereocenters. The largest absolute Gasteiger partial charge is 0.508 e. The Kier molecular flexibility index (Phi) is 7.47. The van der Waals surface area contributed by atoms with Crippen molar-refractivity contribution in [1.29, 1.82) is 0 Å². The van der Waals surface area contributed by atoms with Crippen LogP contribution in [0.2, 0.25) is 5.02 Å². The monoisotopic (exact) mass is 574 g/mol. The number of aromatic hydroxyl groups is 1.